The van der Waals surface area contributed by atoms with Crippen molar-refractivity contribution < 1.29 is 4.79 Å². The van der Waals surface area contributed by atoms with E-state index in [0.717, 1.165) is 22.5 Å². The van der Waals surface area contributed by atoms with Crippen LogP contribution in [0.1, 0.15) is 34.0 Å². The molecule has 0 spiro atoms. The summed E-state index contributed by atoms with van der Waals surface area (Å²) in [7, 11) is 0. The quantitative estimate of drug-likeness (QED) is 0.709. The Bertz CT molecular complexity index is 913. The predicted octanol–water partition coefficient (Wildman–Crippen LogP) is 4.81. The molecule has 0 saturated heterocycles. The lowest BCUT2D eigenvalue weighted by atomic mass is 10.1. The fourth-order valence-electron chi connectivity index (χ4n) is 3.20. The molecule has 0 unspecified atom stereocenters. The van der Waals surface area contributed by atoms with E-state index < -0.39 is 0 Å². The van der Waals surface area contributed by atoms with Gasteiger partial charge in [0.15, 0.2) is 0 Å². The summed E-state index contributed by atoms with van der Waals surface area (Å²) in [6, 6.07) is 13.8. The van der Waals surface area contributed by atoms with Crippen LogP contribution >= 0.6 is 0 Å². The summed E-state index contributed by atoms with van der Waals surface area (Å²) >= 11 is 0. The number of aromatic nitrogens is 2. The Labute approximate surface area is 160 Å². The molecule has 1 heterocycles. The zero-order valence-corrected chi connectivity index (χ0v) is 16.2. The van der Waals surface area contributed by atoms with E-state index >= 15 is 0 Å². The Morgan fingerprint density at radius 2 is 1.59 bits per heavy atom. The number of hydrogen-bond acceptors (Lipinski definition) is 4. The number of nitrogens with zero attached hydrogens (tertiary/aromatic N) is 3. The van der Waals surface area contributed by atoms with Gasteiger partial charge in [0.2, 0.25) is 5.95 Å². The average molecular weight is 360 g/mol. The molecule has 27 heavy (non-hydrogen) atoms. The van der Waals surface area contributed by atoms with Crippen LogP contribution in [0.5, 0.6) is 0 Å². The number of para-hydroxylation sites is 1. The normalized spacial score (nSPS) is 10.5. The summed E-state index contributed by atoms with van der Waals surface area (Å²) in [4.78, 5) is 23.2. The molecule has 1 aromatic heterocycles. The van der Waals surface area contributed by atoms with E-state index in [-0.39, 0.29) is 5.91 Å². The van der Waals surface area contributed by atoms with Crippen molar-refractivity contribution in [1.82, 2.24) is 9.97 Å². The predicted molar refractivity (Wildman–Crippen MR) is 110 cm³/mol. The molecule has 0 saturated carbocycles. The summed E-state index contributed by atoms with van der Waals surface area (Å²) in [6.45, 7) is 8.71. The fraction of sp³-hybridized carbons (Fsp3) is 0.227. The van der Waals surface area contributed by atoms with Crippen LogP contribution in [0, 0.1) is 20.8 Å². The van der Waals surface area contributed by atoms with Gasteiger partial charge in [-0.3, -0.25) is 4.79 Å². The van der Waals surface area contributed by atoms with Crippen molar-refractivity contribution in [2.24, 2.45) is 0 Å². The van der Waals surface area contributed by atoms with Crippen molar-refractivity contribution in [1.29, 1.82) is 0 Å². The summed E-state index contributed by atoms with van der Waals surface area (Å²) in [5.74, 6) is 0.363. The first-order valence-electron chi connectivity index (χ1n) is 9.03. The van der Waals surface area contributed by atoms with Gasteiger partial charge in [0.05, 0.1) is 5.56 Å². The van der Waals surface area contributed by atoms with Crippen LogP contribution in [-0.2, 0) is 0 Å². The molecule has 2 aromatic carbocycles. The Hall–Kier alpha value is -3.21. The van der Waals surface area contributed by atoms with Crippen molar-refractivity contribution in [2.75, 3.05) is 16.8 Å². The van der Waals surface area contributed by atoms with E-state index in [2.05, 4.69) is 48.2 Å². The molecule has 0 bridgehead atoms. The Morgan fingerprint density at radius 3 is 2.15 bits per heavy atom. The van der Waals surface area contributed by atoms with E-state index in [9.17, 15) is 4.79 Å². The zero-order chi connectivity index (χ0) is 19.4. The summed E-state index contributed by atoms with van der Waals surface area (Å²) < 4.78 is 0. The lowest BCUT2D eigenvalue weighted by molar-refractivity contribution is 0.0987. The van der Waals surface area contributed by atoms with Crippen LogP contribution < -0.4 is 10.2 Å². The number of aryl methyl sites for hydroxylation is 3. The second-order valence-corrected chi connectivity index (χ2v) is 6.58. The zero-order valence-electron chi connectivity index (χ0n) is 16.2. The van der Waals surface area contributed by atoms with E-state index in [1.54, 1.807) is 17.3 Å². The first-order chi connectivity index (χ1) is 13.0. The highest BCUT2D eigenvalue weighted by Crippen LogP contribution is 2.24. The highest BCUT2D eigenvalue weighted by molar-refractivity contribution is 6.05. The van der Waals surface area contributed by atoms with Gasteiger partial charge in [-0.15, -0.1) is 0 Å². The summed E-state index contributed by atoms with van der Waals surface area (Å²) in [5, 5.41) is 3.26. The highest BCUT2D eigenvalue weighted by atomic mass is 16.2. The van der Waals surface area contributed by atoms with Crippen LogP contribution in [0.3, 0.4) is 0 Å². The molecular formula is C22H24N4O. The molecule has 0 radical (unpaired) electrons. The second kappa shape index (κ2) is 7.99. The smallest absolute Gasteiger partial charge is 0.261 e. The SMILES string of the molecule is CCN(C(=O)c1cnc(Nc2c(C)cc(C)cc2C)nc1)c1ccccc1. The van der Waals surface area contributed by atoms with Gasteiger partial charge in [-0.1, -0.05) is 35.9 Å². The van der Waals surface area contributed by atoms with E-state index in [4.69, 9.17) is 0 Å². The largest absolute Gasteiger partial charge is 0.324 e. The molecule has 0 aliphatic rings. The van der Waals surface area contributed by atoms with Crippen LogP contribution in [0.25, 0.3) is 0 Å². The molecule has 0 aliphatic heterocycles. The van der Waals surface area contributed by atoms with Crippen LogP contribution in [-0.4, -0.2) is 22.4 Å². The van der Waals surface area contributed by atoms with Crippen LogP contribution in [0.4, 0.5) is 17.3 Å². The van der Waals surface area contributed by atoms with Gasteiger partial charge >= 0.3 is 0 Å². The number of rotatable bonds is 5. The monoisotopic (exact) mass is 360 g/mol. The van der Waals surface area contributed by atoms with Gasteiger partial charge in [0.25, 0.3) is 5.91 Å². The number of benzene rings is 2. The van der Waals surface area contributed by atoms with Crippen molar-refractivity contribution in [3.63, 3.8) is 0 Å². The average Bonchev–Trinajstić information content (AvgIpc) is 2.66. The fourth-order valence-corrected chi connectivity index (χ4v) is 3.20. The third kappa shape index (κ3) is 4.14. The minimum atomic E-state index is -0.113. The molecule has 3 rings (SSSR count). The number of carbonyl (C=O) groups excluding carboxylic acids is 1. The second-order valence-electron chi connectivity index (χ2n) is 6.58. The topological polar surface area (TPSA) is 58.1 Å². The maximum Gasteiger partial charge on any atom is 0.261 e. The maximum absolute atomic E-state index is 12.8. The maximum atomic E-state index is 12.8. The summed E-state index contributed by atoms with van der Waals surface area (Å²) in [5.41, 5.74) is 5.81. The lowest BCUT2D eigenvalue weighted by Crippen LogP contribution is -2.30. The van der Waals surface area contributed by atoms with Gasteiger partial charge in [0.1, 0.15) is 0 Å². The lowest BCUT2D eigenvalue weighted by Gasteiger charge is -2.20. The van der Waals surface area contributed by atoms with Gasteiger partial charge in [-0.25, -0.2) is 9.97 Å². The van der Waals surface area contributed by atoms with Crippen molar-refractivity contribution in [3.05, 3.63) is 77.1 Å². The molecule has 0 aliphatic carbocycles. The molecule has 0 fully saturated rings. The molecule has 3 aromatic rings. The summed E-state index contributed by atoms with van der Waals surface area (Å²) in [6.07, 6.45) is 3.14. The number of anilines is 3. The number of nitrogens with one attached hydrogen (secondary N) is 1. The van der Waals surface area contributed by atoms with Gasteiger partial charge in [-0.2, -0.15) is 0 Å². The van der Waals surface area contributed by atoms with Gasteiger partial charge < -0.3 is 10.2 Å². The van der Waals surface area contributed by atoms with Crippen LogP contribution in [0.2, 0.25) is 0 Å². The highest BCUT2D eigenvalue weighted by Gasteiger charge is 2.17. The van der Waals surface area contributed by atoms with Crippen molar-refractivity contribution in [2.45, 2.75) is 27.7 Å². The number of hydrogen-bond donors (Lipinski definition) is 1. The first kappa shape index (κ1) is 18.6. The molecule has 1 amide bonds. The van der Waals surface area contributed by atoms with E-state index in [0.29, 0.717) is 18.1 Å². The Morgan fingerprint density at radius 1 is 1.00 bits per heavy atom. The Kier molecular flexibility index (Phi) is 5.50. The van der Waals surface area contributed by atoms with Crippen molar-refractivity contribution >= 4 is 23.2 Å². The third-order valence-corrected chi connectivity index (χ3v) is 4.44. The molecule has 5 heteroatoms. The minimum Gasteiger partial charge on any atom is -0.324 e. The Balaban J connectivity index is 1.80. The molecule has 138 valence electrons. The third-order valence-electron chi connectivity index (χ3n) is 4.44. The molecule has 1 N–H and O–H groups in total. The number of carbonyl (C=O) groups is 1. The van der Waals surface area contributed by atoms with Crippen molar-refractivity contribution in [3.8, 4) is 0 Å². The molecule has 5 nitrogen and oxygen atoms in total. The standard InChI is InChI=1S/C22H24N4O/c1-5-26(19-9-7-6-8-10-19)21(27)18-13-23-22(24-14-18)25-20-16(3)11-15(2)12-17(20)4/h6-14H,5H2,1-4H3,(H,23,24,25). The molecule has 0 atom stereocenters. The van der Waals surface area contributed by atoms with Crippen LogP contribution in [0.15, 0.2) is 54.9 Å². The van der Waals surface area contributed by atoms with Gasteiger partial charge in [0, 0.05) is 30.3 Å². The van der Waals surface area contributed by atoms with E-state index in [1.165, 1.54) is 5.56 Å². The van der Waals surface area contributed by atoms with E-state index in [1.807, 2.05) is 37.3 Å². The van der Waals surface area contributed by atoms with Gasteiger partial charge in [-0.05, 0) is 51.0 Å². The number of amides is 1. The molecular weight excluding hydrogens is 336 g/mol. The first-order valence-corrected chi connectivity index (χ1v) is 9.03. The minimum absolute atomic E-state index is 0.113.